The Labute approximate surface area is 144 Å². The summed E-state index contributed by atoms with van der Waals surface area (Å²) < 4.78 is 4.81. The summed E-state index contributed by atoms with van der Waals surface area (Å²) in [4.78, 5) is 52.5. The van der Waals surface area contributed by atoms with Crippen LogP contribution in [-0.2, 0) is 4.84 Å². The van der Waals surface area contributed by atoms with Crippen LogP contribution < -0.4 is 5.76 Å². The molecule has 0 aliphatic carbocycles. The first-order valence-electron chi connectivity index (χ1n) is 7.40. The standard InChI is InChI=1S/C17H9N3O6/c21-14-11-3-1-2-4-12(11)15(22)20(14)26-16(23)10-7-5-9(6-8-10)13-18-19-17(24)25-13/h1-8H,(H,19,24). The van der Waals surface area contributed by atoms with Gasteiger partial charge in [-0.25, -0.2) is 14.7 Å². The lowest BCUT2D eigenvalue weighted by Gasteiger charge is -2.12. The summed E-state index contributed by atoms with van der Waals surface area (Å²) in [5.74, 6) is -2.92. The van der Waals surface area contributed by atoms with Crippen LogP contribution in [0, 0.1) is 0 Å². The molecule has 1 N–H and O–H groups in total. The highest BCUT2D eigenvalue weighted by molar-refractivity contribution is 6.21. The summed E-state index contributed by atoms with van der Waals surface area (Å²) in [6, 6.07) is 11.9. The maximum atomic E-state index is 12.2. The Kier molecular flexibility index (Phi) is 3.47. The maximum Gasteiger partial charge on any atom is 0.434 e. The van der Waals surface area contributed by atoms with E-state index in [1.54, 1.807) is 12.1 Å². The van der Waals surface area contributed by atoms with Gasteiger partial charge in [0, 0.05) is 5.56 Å². The lowest BCUT2D eigenvalue weighted by atomic mass is 10.1. The number of hydroxylamine groups is 2. The lowest BCUT2D eigenvalue weighted by molar-refractivity contribution is -0.0584. The van der Waals surface area contributed by atoms with Gasteiger partial charge >= 0.3 is 11.7 Å². The van der Waals surface area contributed by atoms with Crippen molar-refractivity contribution in [1.82, 2.24) is 15.3 Å². The summed E-state index contributed by atoms with van der Waals surface area (Å²) in [6.07, 6.45) is 0. The number of nitrogens with zero attached hydrogens (tertiary/aromatic N) is 2. The van der Waals surface area contributed by atoms with E-state index in [-0.39, 0.29) is 22.6 Å². The van der Waals surface area contributed by atoms with E-state index in [1.165, 1.54) is 36.4 Å². The molecule has 2 amide bonds. The molecule has 0 saturated carbocycles. The number of nitrogens with one attached hydrogen (secondary N) is 1. The van der Waals surface area contributed by atoms with Crippen molar-refractivity contribution in [2.24, 2.45) is 0 Å². The molecule has 2 aromatic carbocycles. The molecule has 3 aromatic rings. The molecule has 0 atom stereocenters. The van der Waals surface area contributed by atoms with Gasteiger partial charge in [0.1, 0.15) is 0 Å². The van der Waals surface area contributed by atoms with Crippen LogP contribution in [0.15, 0.2) is 57.7 Å². The number of aromatic nitrogens is 2. The number of carbonyl (C=O) groups is 3. The summed E-state index contributed by atoms with van der Waals surface area (Å²) in [5.41, 5.74) is 0.909. The van der Waals surface area contributed by atoms with Crippen LogP contribution in [0.25, 0.3) is 11.5 Å². The number of hydrogen-bond acceptors (Lipinski definition) is 7. The molecule has 128 valence electrons. The predicted octanol–water partition coefficient (Wildman–Crippen LogP) is 1.40. The monoisotopic (exact) mass is 351 g/mol. The van der Waals surface area contributed by atoms with Crippen LogP contribution >= 0.6 is 0 Å². The van der Waals surface area contributed by atoms with Gasteiger partial charge in [-0.1, -0.05) is 17.2 Å². The second-order valence-corrected chi connectivity index (χ2v) is 5.32. The van der Waals surface area contributed by atoms with Crippen molar-refractivity contribution in [3.8, 4) is 11.5 Å². The van der Waals surface area contributed by atoms with Gasteiger partial charge < -0.3 is 9.25 Å². The van der Waals surface area contributed by atoms with Crippen molar-refractivity contribution in [3.63, 3.8) is 0 Å². The fourth-order valence-electron chi connectivity index (χ4n) is 2.49. The maximum absolute atomic E-state index is 12.2. The SMILES string of the molecule is O=C(ON1C(=O)c2ccccc2C1=O)c1ccc(-c2n[nH]c(=O)o2)cc1. The molecule has 0 radical (unpaired) electrons. The lowest BCUT2D eigenvalue weighted by Crippen LogP contribution is -2.32. The quantitative estimate of drug-likeness (QED) is 0.708. The molecular weight excluding hydrogens is 342 g/mol. The van der Waals surface area contributed by atoms with Crippen LogP contribution in [0.3, 0.4) is 0 Å². The topological polar surface area (TPSA) is 123 Å². The normalized spacial score (nSPS) is 13.0. The Morgan fingerprint density at radius 2 is 1.58 bits per heavy atom. The van der Waals surface area contributed by atoms with E-state index in [1.807, 2.05) is 0 Å². The van der Waals surface area contributed by atoms with E-state index >= 15 is 0 Å². The molecule has 0 fully saturated rings. The van der Waals surface area contributed by atoms with Gasteiger partial charge in [-0.2, -0.15) is 0 Å². The van der Waals surface area contributed by atoms with Crippen molar-refractivity contribution < 1.29 is 23.6 Å². The highest BCUT2D eigenvalue weighted by Gasteiger charge is 2.38. The average molecular weight is 351 g/mol. The second-order valence-electron chi connectivity index (χ2n) is 5.32. The third kappa shape index (κ3) is 2.47. The summed E-state index contributed by atoms with van der Waals surface area (Å²) >= 11 is 0. The molecule has 1 aromatic heterocycles. The van der Waals surface area contributed by atoms with Gasteiger partial charge in [0.15, 0.2) is 0 Å². The second kappa shape index (κ2) is 5.81. The summed E-state index contributed by atoms with van der Waals surface area (Å²) in [6.45, 7) is 0. The van der Waals surface area contributed by atoms with Crippen molar-refractivity contribution in [2.75, 3.05) is 0 Å². The van der Waals surface area contributed by atoms with Gasteiger partial charge in [-0.3, -0.25) is 9.59 Å². The third-order valence-corrected chi connectivity index (χ3v) is 3.74. The Balaban J connectivity index is 1.53. The van der Waals surface area contributed by atoms with Crippen molar-refractivity contribution >= 4 is 17.8 Å². The van der Waals surface area contributed by atoms with E-state index in [9.17, 15) is 19.2 Å². The smallest absolute Gasteiger partial charge is 0.388 e. The van der Waals surface area contributed by atoms with Crippen molar-refractivity contribution in [2.45, 2.75) is 0 Å². The number of rotatable bonds is 3. The van der Waals surface area contributed by atoms with Crippen molar-refractivity contribution in [1.29, 1.82) is 0 Å². The van der Waals surface area contributed by atoms with E-state index < -0.39 is 23.5 Å². The third-order valence-electron chi connectivity index (χ3n) is 3.74. The van der Waals surface area contributed by atoms with Gasteiger partial charge in [0.05, 0.1) is 16.7 Å². The first-order valence-corrected chi connectivity index (χ1v) is 7.40. The number of aromatic amines is 1. The van der Waals surface area contributed by atoms with Gasteiger partial charge in [-0.05, 0) is 36.4 Å². The van der Waals surface area contributed by atoms with Gasteiger partial charge in [0.25, 0.3) is 11.8 Å². The van der Waals surface area contributed by atoms with Crippen LogP contribution in [0.1, 0.15) is 31.1 Å². The Hall–Kier alpha value is -4.01. The largest absolute Gasteiger partial charge is 0.434 e. The summed E-state index contributed by atoms with van der Waals surface area (Å²) in [5, 5.41) is 6.23. The molecule has 0 saturated heterocycles. The van der Waals surface area contributed by atoms with Gasteiger partial charge in [-0.15, -0.1) is 5.10 Å². The zero-order chi connectivity index (χ0) is 18.3. The fourth-order valence-corrected chi connectivity index (χ4v) is 2.49. The van der Waals surface area contributed by atoms with Crippen LogP contribution in [0.5, 0.6) is 0 Å². The van der Waals surface area contributed by atoms with Gasteiger partial charge in [0.2, 0.25) is 5.89 Å². The summed E-state index contributed by atoms with van der Waals surface area (Å²) in [7, 11) is 0. The van der Waals surface area contributed by atoms with Crippen LogP contribution in [0.2, 0.25) is 0 Å². The van der Waals surface area contributed by atoms with Crippen molar-refractivity contribution in [3.05, 3.63) is 75.8 Å². The highest BCUT2D eigenvalue weighted by Crippen LogP contribution is 2.23. The molecular formula is C17H9N3O6. The van der Waals surface area contributed by atoms with E-state index in [2.05, 4.69) is 10.2 Å². The molecule has 1 aliphatic heterocycles. The minimum Gasteiger partial charge on any atom is -0.388 e. The molecule has 4 rings (SSSR count). The van der Waals surface area contributed by atoms with Crippen LogP contribution in [-0.4, -0.2) is 33.0 Å². The number of imide groups is 1. The molecule has 1 aliphatic rings. The average Bonchev–Trinajstić information content (AvgIpc) is 3.20. The van der Waals surface area contributed by atoms with E-state index in [4.69, 9.17) is 9.25 Å². The molecule has 26 heavy (non-hydrogen) atoms. The molecule has 0 unspecified atom stereocenters. The molecule has 2 heterocycles. The predicted molar refractivity (Wildman–Crippen MR) is 84.9 cm³/mol. The fraction of sp³-hybridized carbons (Fsp3) is 0. The number of carbonyl (C=O) groups excluding carboxylic acids is 3. The Bertz CT molecular complexity index is 1060. The number of benzene rings is 2. The molecule has 9 heteroatoms. The first kappa shape index (κ1) is 15.5. The van der Waals surface area contributed by atoms with Crippen LogP contribution in [0.4, 0.5) is 0 Å². The molecule has 9 nitrogen and oxygen atoms in total. The Morgan fingerprint density at radius 3 is 2.12 bits per heavy atom. The minimum absolute atomic E-state index is 0.0651. The first-order chi connectivity index (χ1) is 12.5. The highest BCUT2D eigenvalue weighted by atomic mass is 16.7. The number of amides is 2. The number of H-pyrrole nitrogens is 1. The molecule has 0 bridgehead atoms. The van der Waals surface area contributed by atoms with E-state index in [0.717, 1.165) is 0 Å². The number of fused-ring (bicyclic) bond motifs is 1. The zero-order valence-corrected chi connectivity index (χ0v) is 13.0. The number of hydrogen-bond donors (Lipinski definition) is 1. The molecule has 0 spiro atoms. The Morgan fingerprint density at radius 1 is 0.962 bits per heavy atom. The zero-order valence-electron chi connectivity index (χ0n) is 13.0. The minimum atomic E-state index is -0.880. The van der Waals surface area contributed by atoms with E-state index in [0.29, 0.717) is 10.6 Å².